The SMILES string of the molecule is COc1ccc(CSCCc2nnc(SCC(=O)O)n2-c2ccccc2)cc1C. The second-order valence-corrected chi connectivity index (χ2v) is 8.41. The number of nitrogens with zero attached hydrogens (tertiary/aromatic N) is 3. The smallest absolute Gasteiger partial charge is 0.313 e. The summed E-state index contributed by atoms with van der Waals surface area (Å²) in [5, 5.41) is 18.1. The van der Waals surface area contributed by atoms with Gasteiger partial charge in [-0.3, -0.25) is 9.36 Å². The molecule has 6 nitrogen and oxygen atoms in total. The molecule has 0 amide bonds. The van der Waals surface area contributed by atoms with Crippen LogP contribution < -0.4 is 4.74 Å². The lowest BCUT2D eigenvalue weighted by Gasteiger charge is -2.10. The number of thioether (sulfide) groups is 2. The number of carboxylic acid groups (broad SMARTS) is 1. The number of rotatable bonds is 10. The van der Waals surface area contributed by atoms with Crippen molar-refractivity contribution in [2.24, 2.45) is 0 Å². The van der Waals surface area contributed by atoms with E-state index in [2.05, 4.69) is 22.3 Å². The molecule has 0 aliphatic heterocycles. The summed E-state index contributed by atoms with van der Waals surface area (Å²) in [5.74, 6) is 2.62. The summed E-state index contributed by atoms with van der Waals surface area (Å²) in [6.45, 7) is 2.05. The van der Waals surface area contributed by atoms with E-state index in [-0.39, 0.29) is 5.75 Å². The van der Waals surface area contributed by atoms with Crippen LogP contribution in [0.2, 0.25) is 0 Å². The van der Waals surface area contributed by atoms with Crippen molar-refractivity contribution in [2.75, 3.05) is 18.6 Å². The molecule has 1 N–H and O–H groups in total. The molecule has 3 rings (SSSR count). The quantitative estimate of drug-likeness (QED) is 0.382. The second-order valence-electron chi connectivity index (χ2n) is 6.36. The van der Waals surface area contributed by atoms with Crippen LogP contribution in [0, 0.1) is 6.92 Å². The van der Waals surface area contributed by atoms with Crippen LogP contribution in [0.1, 0.15) is 17.0 Å². The average molecular weight is 430 g/mol. The van der Waals surface area contributed by atoms with Crippen LogP contribution in [0.15, 0.2) is 53.7 Å². The number of aliphatic carboxylic acids is 1. The summed E-state index contributed by atoms with van der Waals surface area (Å²) in [5.41, 5.74) is 3.33. The first-order valence-electron chi connectivity index (χ1n) is 9.14. The fraction of sp³-hybridized carbons (Fsp3) is 0.286. The summed E-state index contributed by atoms with van der Waals surface area (Å²) >= 11 is 3.02. The Bertz CT molecular complexity index is 961. The minimum absolute atomic E-state index is 0.0451. The van der Waals surface area contributed by atoms with Crippen LogP contribution in [0.5, 0.6) is 5.75 Å². The molecule has 8 heteroatoms. The highest BCUT2D eigenvalue weighted by Gasteiger charge is 2.15. The van der Waals surface area contributed by atoms with Gasteiger partial charge in [0, 0.05) is 23.6 Å². The van der Waals surface area contributed by atoms with Gasteiger partial charge in [-0.2, -0.15) is 11.8 Å². The van der Waals surface area contributed by atoms with E-state index in [1.165, 1.54) is 17.3 Å². The van der Waals surface area contributed by atoms with Crippen molar-refractivity contribution in [2.45, 2.75) is 24.3 Å². The Morgan fingerprint density at radius 3 is 2.66 bits per heavy atom. The Morgan fingerprint density at radius 2 is 1.97 bits per heavy atom. The molecule has 0 unspecified atom stereocenters. The Labute approximate surface area is 178 Å². The van der Waals surface area contributed by atoms with E-state index < -0.39 is 5.97 Å². The highest BCUT2D eigenvalue weighted by Crippen LogP contribution is 2.24. The van der Waals surface area contributed by atoms with E-state index in [4.69, 9.17) is 9.84 Å². The predicted octanol–water partition coefficient (Wildman–Crippen LogP) is 4.24. The van der Waals surface area contributed by atoms with Crippen molar-refractivity contribution in [3.63, 3.8) is 0 Å². The molecule has 2 aromatic carbocycles. The zero-order valence-corrected chi connectivity index (χ0v) is 18.0. The van der Waals surface area contributed by atoms with E-state index in [9.17, 15) is 4.79 Å². The fourth-order valence-corrected chi connectivity index (χ4v) is 4.48. The number of hydrogen-bond acceptors (Lipinski definition) is 6. The number of para-hydroxylation sites is 1. The number of hydrogen-bond donors (Lipinski definition) is 1. The van der Waals surface area contributed by atoms with Crippen LogP contribution in [0.25, 0.3) is 5.69 Å². The number of methoxy groups -OCH3 is 1. The van der Waals surface area contributed by atoms with Crippen LogP contribution in [0.4, 0.5) is 0 Å². The first-order valence-corrected chi connectivity index (χ1v) is 11.3. The third-order valence-corrected chi connectivity index (χ3v) is 6.18. The van der Waals surface area contributed by atoms with Gasteiger partial charge in [0.25, 0.3) is 0 Å². The lowest BCUT2D eigenvalue weighted by Crippen LogP contribution is -2.06. The van der Waals surface area contributed by atoms with Gasteiger partial charge in [-0.05, 0) is 36.2 Å². The van der Waals surface area contributed by atoms with Crippen molar-refractivity contribution in [3.05, 3.63) is 65.5 Å². The molecule has 0 radical (unpaired) electrons. The number of ether oxygens (including phenoxy) is 1. The molecule has 1 aromatic heterocycles. The summed E-state index contributed by atoms with van der Waals surface area (Å²) < 4.78 is 7.26. The molecular weight excluding hydrogens is 406 g/mol. The Hall–Kier alpha value is -2.45. The zero-order valence-electron chi connectivity index (χ0n) is 16.4. The van der Waals surface area contributed by atoms with Crippen LogP contribution in [0.3, 0.4) is 0 Å². The maximum absolute atomic E-state index is 10.9. The summed E-state index contributed by atoms with van der Waals surface area (Å²) in [7, 11) is 1.68. The third-order valence-electron chi connectivity index (χ3n) is 4.24. The van der Waals surface area contributed by atoms with Crippen molar-refractivity contribution < 1.29 is 14.6 Å². The van der Waals surface area contributed by atoms with Gasteiger partial charge in [0.2, 0.25) is 0 Å². The van der Waals surface area contributed by atoms with E-state index in [1.807, 2.05) is 59.7 Å². The van der Waals surface area contributed by atoms with Crippen LogP contribution >= 0.6 is 23.5 Å². The molecule has 0 aliphatic carbocycles. The lowest BCUT2D eigenvalue weighted by atomic mass is 10.1. The minimum atomic E-state index is -0.871. The van der Waals surface area contributed by atoms with Gasteiger partial charge in [-0.15, -0.1) is 10.2 Å². The van der Waals surface area contributed by atoms with E-state index >= 15 is 0 Å². The van der Waals surface area contributed by atoms with Gasteiger partial charge < -0.3 is 9.84 Å². The number of carboxylic acids is 1. The summed E-state index contributed by atoms with van der Waals surface area (Å²) in [6, 6.07) is 16.0. The van der Waals surface area contributed by atoms with Gasteiger partial charge in [0.15, 0.2) is 5.16 Å². The molecule has 0 atom stereocenters. The monoisotopic (exact) mass is 429 g/mol. The molecule has 0 spiro atoms. The van der Waals surface area contributed by atoms with Crippen molar-refractivity contribution in [3.8, 4) is 11.4 Å². The molecule has 29 heavy (non-hydrogen) atoms. The first kappa shape index (κ1) is 21.3. The first-order chi connectivity index (χ1) is 14.1. The number of aromatic nitrogens is 3. The Kier molecular flexibility index (Phi) is 7.60. The molecule has 0 saturated heterocycles. The van der Waals surface area contributed by atoms with E-state index in [0.29, 0.717) is 5.16 Å². The van der Waals surface area contributed by atoms with Crippen LogP contribution in [-0.2, 0) is 17.0 Å². The molecule has 3 aromatic rings. The second kappa shape index (κ2) is 10.4. The number of benzene rings is 2. The largest absolute Gasteiger partial charge is 0.496 e. The molecular formula is C21H23N3O3S2. The number of carbonyl (C=O) groups is 1. The molecule has 152 valence electrons. The summed E-state index contributed by atoms with van der Waals surface area (Å²) in [6.07, 6.45) is 0.745. The molecule has 0 fully saturated rings. The molecule has 0 saturated carbocycles. The zero-order chi connectivity index (χ0) is 20.6. The lowest BCUT2D eigenvalue weighted by molar-refractivity contribution is -0.133. The highest BCUT2D eigenvalue weighted by molar-refractivity contribution is 7.99. The normalized spacial score (nSPS) is 10.8. The third kappa shape index (κ3) is 5.77. The minimum Gasteiger partial charge on any atom is -0.496 e. The van der Waals surface area contributed by atoms with Gasteiger partial charge in [-0.1, -0.05) is 42.1 Å². The predicted molar refractivity (Wildman–Crippen MR) is 117 cm³/mol. The topological polar surface area (TPSA) is 77.2 Å². The standard InChI is InChI=1S/C21H23N3O3S2/c1-15-12-16(8-9-18(15)27-2)13-28-11-10-19-22-23-21(29-14-20(25)26)24(19)17-6-4-3-5-7-17/h3-9,12H,10-11,13-14H2,1-2H3,(H,25,26). The molecule has 1 heterocycles. The highest BCUT2D eigenvalue weighted by atomic mass is 32.2. The average Bonchev–Trinajstić information content (AvgIpc) is 3.13. The number of aryl methyl sites for hydroxylation is 2. The van der Waals surface area contributed by atoms with E-state index in [0.717, 1.165) is 40.8 Å². The Morgan fingerprint density at radius 1 is 1.17 bits per heavy atom. The van der Waals surface area contributed by atoms with E-state index in [1.54, 1.807) is 7.11 Å². The van der Waals surface area contributed by atoms with Gasteiger partial charge in [0.1, 0.15) is 11.6 Å². The van der Waals surface area contributed by atoms with Gasteiger partial charge in [-0.25, -0.2) is 0 Å². The molecule has 0 aliphatic rings. The van der Waals surface area contributed by atoms with Crippen molar-refractivity contribution >= 4 is 29.5 Å². The molecule has 0 bridgehead atoms. The van der Waals surface area contributed by atoms with Crippen molar-refractivity contribution in [1.29, 1.82) is 0 Å². The van der Waals surface area contributed by atoms with Crippen molar-refractivity contribution in [1.82, 2.24) is 14.8 Å². The maximum Gasteiger partial charge on any atom is 0.313 e. The fourth-order valence-electron chi connectivity index (χ4n) is 2.90. The Balaban J connectivity index is 1.65. The van der Waals surface area contributed by atoms with Gasteiger partial charge in [0.05, 0.1) is 12.9 Å². The van der Waals surface area contributed by atoms with Gasteiger partial charge >= 0.3 is 5.97 Å². The summed E-state index contributed by atoms with van der Waals surface area (Å²) in [4.78, 5) is 10.9. The van der Waals surface area contributed by atoms with Crippen LogP contribution in [-0.4, -0.2) is 44.5 Å². The maximum atomic E-state index is 10.9.